The molecule has 1 atom stereocenters. The standard InChI is InChI=1S/C14H14ClN3S/c1-9(10-6-17-18-7-10)16-8-13-14(15)11-4-2-3-5-12(11)19-13/h2-7,9,16H,8H2,1H3,(H,17,18). The van der Waals surface area contributed by atoms with Crippen LogP contribution in [-0.2, 0) is 6.54 Å². The Balaban J connectivity index is 1.77. The lowest BCUT2D eigenvalue weighted by Gasteiger charge is -2.10. The maximum absolute atomic E-state index is 6.42. The number of hydrogen-bond donors (Lipinski definition) is 2. The van der Waals surface area contributed by atoms with Crippen molar-refractivity contribution < 1.29 is 0 Å². The van der Waals surface area contributed by atoms with E-state index in [4.69, 9.17) is 11.6 Å². The van der Waals surface area contributed by atoms with Crippen molar-refractivity contribution in [2.45, 2.75) is 19.5 Å². The van der Waals surface area contributed by atoms with Gasteiger partial charge in [0.1, 0.15) is 0 Å². The van der Waals surface area contributed by atoms with Gasteiger partial charge in [0.2, 0.25) is 0 Å². The van der Waals surface area contributed by atoms with Crippen LogP contribution in [0.1, 0.15) is 23.4 Å². The van der Waals surface area contributed by atoms with E-state index in [9.17, 15) is 0 Å². The molecule has 0 aliphatic heterocycles. The summed E-state index contributed by atoms with van der Waals surface area (Å²) in [6.45, 7) is 2.89. The zero-order chi connectivity index (χ0) is 13.2. The average molecular weight is 292 g/mol. The number of benzene rings is 1. The van der Waals surface area contributed by atoms with E-state index >= 15 is 0 Å². The third kappa shape index (κ3) is 2.52. The highest BCUT2D eigenvalue weighted by molar-refractivity contribution is 7.19. The summed E-state index contributed by atoms with van der Waals surface area (Å²) in [6, 6.07) is 8.48. The first-order chi connectivity index (χ1) is 9.25. The molecule has 0 aliphatic carbocycles. The van der Waals surface area contributed by atoms with E-state index in [1.54, 1.807) is 11.3 Å². The molecule has 3 nitrogen and oxygen atoms in total. The summed E-state index contributed by atoms with van der Waals surface area (Å²) in [5, 5.41) is 12.3. The van der Waals surface area contributed by atoms with Crippen molar-refractivity contribution in [1.82, 2.24) is 15.5 Å². The zero-order valence-electron chi connectivity index (χ0n) is 10.5. The minimum atomic E-state index is 0.250. The van der Waals surface area contributed by atoms with Crippen LogP contribution >= 0.6 is 22.9 Å². The molecule has 3 aromatic rings. The number of thiophene rings is 1. The number of halogens is 1. The maximum atomic E-state index is 6.42. The molecule has 0 amide bonds. The van der Waals surface area contributed by atoms with Crippen LogP contribution in [0.15, 0.2) is 36.7 Å². The number of aromatic nitrogens is 2. The van der Waals surface area contributed by atoms with Crippen LogP contribution in [0.3, 0.4) is 0 Å². The minimum Gasteiger partial charge on any atom is -0.305 e. The number of nitrogens with zero attached hydrogens (tertiary/aromatic N) is 1. The lowest BCUT2D eigenvalue weighted by atomic mass is 10.2. The van der Waals surface area contributed by atoms with Crippen LogP contribution in [0.5, 0.6) is 0 Å². The fourth-order valence-corrected chi connectivity index (χ4v) is 3.49. The molecule has 2 aromatic heterocycles. The highest BCUT2D eigenvalue weighted by Gasteiger charge is 2.11. The van der Waals surface area contributed by atoms with Gasteiger partial charge in [-0.1, -0.05) is 29.8 Å². The Morgan fingerprint density at radius 1 is 1.42 bits per heavy atom. The molecule has 1 unspecified atom stereocenters. The zero-order valence-corrected chi connectivity index (χ0v) is 12.1. The first-order valence-electron chi connectivity index (χ1n) is 6.13. The average Bonchev–Trinajstić information content (AvgIpc) is 3.05. The van der Waals surface area contributed by atoms with Gasteiger partial charge >= 0.3 is 0 Å². The fourth-order valence-electron chi connectivity index (χ4n) is 2.04. The topological polar surface area (TPSA) is 40.7 Å². The molecule has 5 heteroatoms. The quantitative estimate of drug-likeness (QED) is 0.759. The molecule has 0 aliphatic rings. The molecule has 0 radical (unpaired) electrons. The van der Waals surface area contributed by atoms with Gasteiger partial charge in [0, 0.05) is 39.3 Å². The van der Waals surface area contributed by atoms with Gasteiger partial charge in [0.25, 0.3) is 0 Å². The van der Waals surface area contributed by atoms with E-state index in [2.05, 4.69) is 34.6 Å². The Kier molecular flexibility index (Phi) is 3.55. The van der Waals surface area contributed by atoms with Gasteiger partial charge in [-0.25, -0.2) is 0 Å². The van der Waals surface area contributed by atoms with Gasteiger partial charge in [-0.2, -0.15) is 5.10 Å². The minimum absolute atomic E-state index is 0.250. The van der Waals surface area contributed by atoms with Gasteiger partial charge in [-0.05, 0) is 13.0 Å². The molecular weight excluding hydrogens is 278 g/mol. The van der Waals surface area contributed by atoms with Crippen LogP contribution in [-0.4, -0.2) is 10.2 Å². The second kappa shape index (κ2) is 5.33. The summed E-state index contributed by atoms with van der Waals surface area (Å²) in [5.41, 5.74) is 1.15. The molecule has 0 saturated heterocycles. The van der Waals surface area contributed by atoms with Crippen molar-refractivity contribution in [2.24, 2.45) is 0 Å². The Labute approximate surface area is 120 Å². The van der Waals surface area contributed by atoms with E-state index in [1.807, 2.05) is 24.5 Å². The predicted molar refractivity (Wildman–Crippen MR) is 80.7 cm³/mol. The van der Waals surface area contributed by atoms with E-state index < -0.39 is 0 Å². The van der Waals surface area contributed by atoms with Crippen LogP contribution in [0, 0.1) is 0 Å². The number of fused-ring (bicyclic) bond motifs is 1. The van der Waals surface area contributed by atoms with Gasteiger partial charge in [-0.15, -0.1) is 11.3 Å². The van der Waals surface area contributed by atoms with Crippen molar-refractivity contribution in [1.29, 1.82) is 0 Å². The molecule has 0 fully saturated rings. The molecule has 0 saturated carbocycles. The van der Waals surface area contributed by atoms with Crippen LogP contribution in [0.4, 0.5) is 0 Å². The van der Waals surface area contributed by atoms with Crippen molar-refractivity contribution in [3.8, 4) is 0 Å². The number of hydrogen-bond acceptors (Lipinski definition) is 3. The molecule has 19 heavy (non-hydrogen) atoms. The van der Waals surface area contributed by atoms with Crippen molar-refractivity contribution in [3.05, 3.63) is 52.1 Å². The second-order valence-electron chi connectivity index (χ2n) is 4.47. The van der Waals surface area contributed by atoms with Crippen LogP contribution in [0.25, 0.3) is 10.1 Å². The summed E-state index contributed by atoms with van der Waals surface area (Å²) in [7, 11) is 0. The third-order valence-electron chi connectivity index (χ3n) is 3.19. The van der Waals surface area contributed by atoms with Gasteiger partial charge < -0.3 is 5.32 Å². The molecule has 98 valence electrons. The van der Waals surface area contributed by atoms with E-state index in [1.165, 1.54) is 9.58 Å². The SMILES string of the molecule is CC(NCc1sc2ccccc2c1Cl)c1cn[nH]c1. The number of aromatic amines is 1. The molecule has 2 N–H and O–H groups in total. The Morgan fingerprint density at radius 2 is 2.26 bits per heavy atom. The third-order valence-corrected chi connectivity index (χ3v) is 4.90. The lowest BCUT2D eigenvalue weighted by molar-refractivity contribution is 0.579. The smallest absolute Gasteiger partial charge is 0.0636 e. The largest absolute Gasteiger partial charge is 0.305 e. The lowest BCUT2D eigenvalue weighted by Crippen LogP contribution is -2.17. The van der Waals surface area contributed by atoms with E-state index in [0.717, 1.165) is 22.5 Å². The molecule has 1 aromatic carbocycles. The number of rotatable bonds is 4. The van der Waals surface area contributed by atoms with E-state index in [-0.39, 0.29) is 6.04 Å². The highest BCUT2D eigenvalue weighted by atomic mass is 35.5. The summed E-state index contributed by atoms with van der Waals surface area (Å²) < 4.78 is 1.24. The van der Waals surface area contributed by atoms with Crippen LogP contribution < -0.4 is 5.32 Å². The molecule has 2 heterocycles. The summed E-state index contributed by atoms with van der Waals surface area (Å²) >= 11 is 8.16. The molecular formula is C14H14ClN3S. The van der Waals surface area contributed by atoms with E-state index in [0.29, 0.717) is 0 Å². The molecule has 0 bridgehead atoms. The van der Waals surface area contributed by atoms with Crippen molar-refractivity contribution >= 4 is 33.0 Å². The first kappa shape index (κ1) is 12.7. The van der Waals surface area contributed by atoms with Crippen molar-refractivity contribution in [2.75, 3.05) is 0 Å². The Morgan fingerprint density at radius 3 is 3.00 bits per heavy atom. The predicted octanol–water partition coefficient (Wildman–Crippen LogP) is 4.13. The normalized spacial score (nSPS) is 12.9. The fraction of sp³-hybridized carbons (Fsp3) is 0.214. The molecule has 0 spiro atoms. The van der Waals surface area contributed by atoms with Gasteiger partial charge in [0.05, 0.1) is 11.2 Å². The number of nitrogens with one attached hydrogen (secondary N) is 2. The summed E-state index contributed by atoms with van der Waals surface area (Å²) in [5.74, 6) is 0. The Bertz CT molecular complexity index is 675. The van der Waals surface area contributed by atoms with Gasteiger partial charge in [-0.3, -0.25) is 5.10 Å². The molecule has 3 rings (SSSR count). The Hall–Kier alpha value is -1.36. The summed E-state index contributed by atoms with van der Waals surface area (Å²) in [6.07, 6.45) is 3.74. The first-order valence-corrected chi connectivity index (χ1v) is 7.33. The van der Waals surface area contributed by atoms with Crippen LogP contribution in [0.2, 0.25) is 5.02 Å². The highest BCUT2D eigenvalue weighted by Crippen LogP contribution is 2.35. The van der Waals surface area contributed by atoms with Crippen molar-refractivity contribution in [3.63, 3.8) is 0 Å². The second-order valence-corrected chi connectivity index (χ2v) is 5.98. The number of H-pyrrole nitrogens is 1. The maximum Gasteiger partial charge on any atom is 0.0636 e. The monoisotopic (exact) mass is 291 g/mol. The summed E-state index contributed by atoms with van der Waals surface area (Å²) in [4.78, 5) is 1.18. The van der Waals surface area contributed by atoms with Gasteiger partial charge in [0.15, 0.2) is 0 Å².